The molecule has 6 heteroatoms. The fourth-order valence-electron chi connectivity index (χ4n) is 3.17. The topological polar surface area (TPSA) is 9.23 Å². The maximum absolute atomic E-state index is 14.6. The summed E-state index contributed by atoms with van der Waals surface area (Å²) in [5.41, 5.74) is 0.791. The minimum Gasteiger partial charge on any atom is -0.426 e. The maximum atomic E-state index is 14.6. The molecule has 31 heavy (non-hydrogen) atoms. The number of hydrogen-bond acceptors (Lipinski definition) is 1. The molecule has 0 aliphatic rings. The predicted molar refractivity (Wildman–Crippen MR) is 111 cm³/mol. The van der Waals surface area contributed by atoms with E-state index in [1.807, 2.05) is 0 Å². The molecule has 0 aliphatic carbocycles. The third kappa shape index (κ3) is 4.95. The zero-order chi connectivity index (χ0) is 22.6. The quantitative estimate of drug-likeness (QED) is 0.263. The van der Waals surface area contributed by atoms with Crippen LogP contribution in [-0.2, 0) is 19.0 Å². The van der Waals surface area contributed by atoms with Gasteiger partial charge in [0.15, 0.2) is 11.6 Å². The molecule has 0 aromatic heterocycles. The number of benzene rings is 3. The van der Waals surface area contributed by atoms with Crippen LogP contribution in [0.1, 0.15) is 30.0 Å². The molecular weight excluding hydrogens is 411 g/mol. The first kappa shape index (κ1) is 22.5. The van der Waals surface area contributed by atoms with Crippen molar-refractivity contribution in [3.8, 4) is 16.9 Å². The van der Waals surface area contributed by atoms with Gasteiger partial charge in [0.25, 0.3) is 0 Å². The fraction of sp³-hybridized carbons (Fsp3) is 0.200. The molecule has 0 fully saturated rings. The average Bonchev–Trinajstić information content (AvgIpc) is 2.76. The van der Waals surface area contributed by atoms with Crippen LogP contribution in [0.3, 0.4) is 0 Å². The molecule has 0 amide bonds. The summed E-state index contributed by atoms with van der Waals surface area (Å²) in [6, 6.07) is 11.8. The van der Waals surface area contributed by atoms with Gasteiger partial charge in [-0.25, -0.2) is 8.78 Å². The van der Waals surface area contributed by atoms with Crippen LogP contribution >= 0.6 is 0 Å². The molecule has 3 rings (SSSR count). The van der Waals surface area contributed by atoms with Crippen molar-refractivity contribution >= 4 is 0 Å². The molecule has 1 nitrogen and oxygen atoms in total. The van der Waals surface area contributed by atoms with Crippen LogP contribution in [0, 0.1) is 17.5 Å². The molecule has 0 unspecified atom stereocenters. The van der Waals surface area contributed by atoms with Gasteiger partial charge >= 0.3 is 6.11 Å². The van der Waals surface area contributed by atoms with Crippen LogP contribution in [0.2, 0.25) is 0 Å². The highest BCUT2D eigenvalue weighted by Gasteiger charge is 2.36. The summed E-state index contributed by atoms with van der Waals surface area (Å²) >= 11 is 0. The number of halogens is 5. The number of ether oxygens (including phenoxy) is 1. The first-order valence-electron chi connectivity index (χ1n) is 9.80. The molecule has 0 bridgehead atoms. The van der Waals surface area contributed by atoms with E-state index >= 15 is 0 Å². The number of hydrogen-bond donors (Lipinski definition) is 0. The Bertz CT molecular complexity index is 1070. The lowest BCUT2D eigenvalue weighted by Crippen LogP contribution is -2.23. The summed E-state index contributed by atoms with van der Waals surface area (Å²) in [5, 5.41) is 0. The highest BCUT2D eigenvalue weighted by atomic mass is 19.3. The third-order valence-corrected chi connectivity index (χ3v) is 4.96. The van der Waals surface area contributed by atoms with Crippen LogP contribution in [0.4, 0.5) is 22.0 Å². The summed E-state index contributed by atoms with van der Waals surface area (Å²) in [5.74, 6) is -4.63. The SMILES string of the molecule is C=CCCc1ccc(-c2ccc(OC(F)(F)c3ccc(CC)c(F)c3)c(F)c2F)cc1. The van der Waals surface area contributed by atoms with Crippen molar-refractivity contribution in [2.75, 3.05) is 0 Å². The van der Waals surface area contributed by atoms with Crippen LogP contribution in [0.15, 0.2) is 67.3 Å². The van der Waals surface area contributed by atoms with Gasteiger partial charge in [-0.3, -0.25) is 0 Å². The van der Waals surface area contributed by atoms with Gasteiger partial charge < -0.3 is 4.74 Å². The molecule has 0 aliphatic heterocycles. The van der Waals surface area contributed by atoms with Crippen molar-refractivity contribution in [1.29, 1.82) is 0 Å². The fourth-order valence-corrected chi connectivity index (χ4v) is 3.17. The molecule has 162 valence electrons. The highest BCUT2D eigenvalue weighted by Crippen LogP contribution is 2.36. The molecular formula is C25H21F5O. The van der Waals surface area contributed by atoms with Crippen molar-refractivity contribution in [2.45, 2.75) is 32.3 Å². The van der Waals surface area contributed by atoms with Crippen LogP contribution in [0.5, 0.6) is 5.75 Å². The van der Waals surface area contributed by atoms with Gasteiger partial charge in [-0.05, 0) is 60.2 Å². The summed E-state index contributed by atoms with van der Waals surface area (Å²) in [4.78, 5) is 0. The minimum absolute atomic E-state index is 0.0817. The van der Waals surface area contributed by atoms with Gasteiger partial charge in [0.1, 0.15) is 5.82 Å². The standard InChI is InChI=1S/C25H21F5O/c1-3-5-6-16-7-9-18(10-8-16)20-13-14-22(24(28)23(20)27)31-25(29,30)19-12-11-17(4-2)21(26)15-19/h3,7-15H,1,4-6H2,2H3. The van der Waals surface area contributed by atoms with Crippen LogP contribution < -0.4 is 4.74 Å². The minimum atomic E-state index is -4.05. The Morgan fingerprint density at radius 3 is 2.26 bits per heavy atom. The Morgan fingerprint density at radius 2 is 1.65 bits per heavy atom. The molecule has 0 saturated carbocycles. The Hall–Kier alpha value is -3.15. The van der Waals surface area contributed by atoms with Crippen LogP contribution in [-0.4, -0.2) is 0 Å². The Kier molecular flexibility index (Phi) is 6.78. The molecule has 0 saturated heterocycles. The van der Waals surface area contributed by atoms with Crippen molar-refractivity contribution in [1.82, 2.24) is 0 Å². The van der Waals surface area contributed by atoms with E-state index in [9.17, 15) is 22.0 Å². The second-order valence-corrected chi connectivity index (χ2v) is 7.04. The zero-order valence-corrected chi connectivity index (χ0v) is 16.9. The molecule has 0 N–H and O–H groups in total. The molecule has 0 heterocycles. The first-order valence-corrected chi connectivity index (χ1v) is 9.80. The monoisotopic (exact) mass is 432 g/mol. The van der Waals surface area contributed by atoms with E-state index in [0.717, 1.165) is 30.5 Å². The molecule has 3 aromatic carbocycles. The summed E-state index contributed by atoms with van der Waals surface area (Å²) < 4.78 is 76.4. The summed E-state index contributed by atoms with van der Waals surface area (Å²) in [7, 11) is 0. The van der Waals surface area contributed by atoms with E-state index in [-0.39, 0.29) is 11.1 Å². The average molecular weight is 432 g/mol. The second-order valence-electron chi connectivity index (χ2n) is 7.04. The summed E-state index contributed by atoms with van der Waals surface area (Å²) in [6.07, 6.45) is -0.385. The lowest BCUT2D eigenvalue weighted by Gasteiger charge is -2.20. The van der Waals surface area contributed by atoms with Gasteiger partial charge in [-0.1, -0.05) is 43.3 Å². The van der Waals surface area contributed by atoms with Gasteiger partial charge in [-0.15, -0.1) is 6.58 Å². The number of allylic oxidation sites excluding steroid dienone is 1. The normalized spacial score (nSPS) is 11.4. The predicted octanol–water partition coefficient (Wildman–Crippen LogP) is 7.58. The van der Waals surface area contributed by atoms with E-state index in [1.54, 1.807) is 37.3 Å². The molecule has 0 spiro atoms. The number of aryl methyl sites for hydroxylation is 2. The van der Waals surface area contributed by atoms with Crippen LogP contribution in [0.25, 0.3) is 11.1 Å². The lowest BCUT2D eigenvalue weighted by molar-refractivity contribution is -0.187. The van der Waals surface area contributed by atoms with E-state index < -0.39 is 34.9 Å². The molecule has 3 aromatic rings. The van der Waals surface area contributed by atoms with Gasteiger partial charge in [0.05, 0.1) is 5.56 Å². The van der Waals surface area contributed by atoms with E-state index in [1.165, 1.54) is 12.1 Å². The maximum Gasteiger partial charge on any atom is 0.426 e. The van der Waals surface area contributed by atoms with Gasteiger partial charge in [0.2, 0.25) is 5.82 Å². The van der Waals surface area contributed by atoms with E-state index in [2.05, 4.69) is 11.3 Å². The van der Waals surface area contributed by atoms with E-state index in [4.69, 9.17) is 0 Å². The van der Waals surface area contributed by atoms with Crippen molar-refractivity contribution in [3.05, 3.63) is 101 Å². The molecule has 0 radical (unpaired) electrons. The molecule has 0 atom stereocenters. The Labute approximate surface area is 177 Å². The first-order chi connectivity index (χ1) is 14.8. The summed E-state index contributed by atoms with van der Waals surface area (Å²) in [6.45, 7) is 5.33. The third-order valence-electron chi connectivity index (χ3n) is 4.96. The van der Waals surface area contributed by atoms with Crippen molar-refractivity contribution in [3.63, 3.8) is 0 Å². The largest absolute Gasteiger partial charge is 0.426 e. The second kappa shape index (κ2) is 9.33. The number of rotatable bonds is 8. The highest BCUT2D eigenvalue weighted by molar-refractivity contribution is 5.65. The Balaban J connectivity index is 1.86. The lowest BCUT2D eigenvalue weighted by atomic mass is 10.0. The number of alkyl halides is 2. The van der Waals surface area contributed by atoms with E-state index in [0.29, 0.717) is 18.1 Å². The van der Waals surface area contributed by atoms with Gasteiger partial charge in [-0.2, -0.15) is 13.2 Å². The zero-order valence-electron chi connectivity index (χ0n) is 16.9. The Morgan fingerprint density at radius 1 is 0.935 bits per heavy atom. The van der Waals surface area contributed by atoms with Gasteiger partial charge in [0, 0.05) is 5.56 Å². The van der Waals surface area contributed by atoms with Crippen molar-refractivity contribution < 1.29 is 26.7 Å². The smallest absolute Gasteiger partial charge is 0.426 e. The van der Waals surface area contributed by atoms with Crippen molar-refractivity contribution in [2.24, 2.45) is 0 Å².